The molecule has 0 bridgehead atoms. The zero-order chi connectivity index (χ0) is 11.0. The van der Waals surface area contributed by atoms with Gasteiger partial charge in [-0.25, -0.2) is 0 Å². The molecule has 4 nitrogen and oxygen atoms in total. The standard InChI is InChI=1S/C10H10ClNO3/c11-7-3-1-2-5-8(12)6(10(13)14)4-15-9(5)7/h1-3,6,8H,4,12H2,(H,13,14). The highest BCUT2D eigenvalue weighted by atomic mass is 35.5. The molecule has 2 atom stereocenters. The SMILES string of the molecule is NC1c2cccc(Cl)c2OCC1C(=O)O. The second-order valence-electron chi connectivity index (χ2n) is 3.44. The third-order valence-electron chi connectivity index (χ3n) is 2.51. The van der Waals surface area contributed by atoms with Crippen molar-refractivity contribution in [3.63, 3.8) is 0 Å². The zero-order valence-electron chi connectivity index (χ0n) is 7.81. The van der Waals surface area contributed by atoms with Gasteiger partial charge in [0.15, 0.2) is 0 Å². The Labute approximate surface area is 91.6 Å². The van der Waals surface area contributed by atoms with Gasteiger partial charge >= 0.3 is 5.97 Å². The van der Waals surface area contributed by atoms with E-state index in [1.54, 1.807) is 18.2 Å². The quantitative estimate of drug-likeness (QED) is 0.761. The Morgan fingerprint density at radius 1 is 1.60 bits per heavy atom. The number of nitrogens with two attached hydrogens (primary N) is 1. The Bertz CT molecular complexity index is 408. The predicted octanol–water partition coefficient (Wildman–Crippen LogP) is 1.43. The zero-order valence-corrected chi connectivity index (χ0v) is 8.57. The average molecular weight is 228 g/mol. The molecule has 0 radical (unpaired) electrons. The Morgan fingerprint density at radius 3 is 3.00 bits per heavy atom. The third-order valence-corrected chi connectivity index (χ3v) is 2.81. The van der Waals surface area contributed by atoms with Gasteiger partial charge in [0, 0.05) is 5.56 Å². The number of rotatable bonds is 1. The smallest absolute Gasteiger partial charge is 0.311 e. The summed E-state index contributed by atoms with van der Waals surface area (Å²) in [7, 11) is 0. The van der Waals surface area contributed by atoms with Crippen LogP contribution in [-0.2, 0) is 4.79 Å². The number of aliphatic carboxylic acids is 1. The minimum Gasteiger partial charge on any atom is -0.491 e. The molecule has 80 valence electrons. The molecule has 0 fully saturated rings. The lowest BCUT2D eigenvalue weighted by Gasteiger charge is -2.28. The summed E-state index contributed by atoms with van der Waals surface area (Å²) in [5.41, 5.74) is 6.49. The van der Waals surface area contributed by atoms with Crippen molar-refractivity contribution in [2.24, 2.45) is 11.7 Å². The molecule has 15 heavy (non-hydrogen) atoms. The first-order valence-electron chi connectivity index (χ1n) is 4.51. The molecule has 1 aromatic rings. The summed E-state index contributed by atoms with van der Waals surface area (Å²) < 4.78 is 5.31. The van der Waals surface area contributed by atoms with Gasteiger partial charge in [-0.15, -0.1) is 0 Å². The van der Waals surface area contributed by atoms with E-state index in [1.165, 1.54) is 0 Å². The Balaban J connectivity index is 2.42. The van der Waals surface area contributed by atoms with Crippen LogP contribution in [0.5, 0.6) is 5.75 Å². The van der Waals surface area contributed by atoms with Gasteiger partial charge in [0.1, 0.15) is 18.3 Å². The minimum absolute atomic E-state index is 0.0627. The molecule has 1 aliphatic heterocycles. The molecule has 1 aliphatic rings. The summed E-state index contributed by atoms with van der Waals surface area (Å²) in [6.07, 6.45) is 0. The first kappa shape index (κ1) is 10.3. The molecule has 0 saturated heterocycles. The number of benzene rings is 1. The monoisotopic (exact) mass is 227 g/mol. The Morgan fingerprint density at radius 2 is 2.33 bits per heavy atom. The average Bonchev–Trinajstić information content (AvgIpc) is 2.19. The van der Waals surface area contributed by atoms with Gasteiger partial charge < -0.3 is 15.6 Å². The van der Waals surface area contributed by atoms with Crippen LogP contribution >= 0.6 is 11.6 Å². The summed E-state index contributed by atoms with van der Waals surface area (Å²) in [6.45, 7) is 0.0627. The number of fused-ring (bicyclic) bond motifs is 1. The lowest BCUT2D eigenvalue weighted by molar-refractivity contribution is -0.144. The van der Waals surface area contributed by atoms with Gasteiger partial charge in [-0.05, 0) is 6.07 Å². The van der Waals surface area contributed by atoms with Gasteiger partial charge in [-0.3, -0.25) is 4.79 Å². The first-order chi connectivity index (χ1) is 7.11. The lowest BCUT2D eigenvalue weighted by atomic mass is 9.91. The van der Waals surface area contributed by atoms with Crippen LogP contribution in [-0.4, -0.2) is 17.7 Å². The molecule has 0 spiro atoms. The van der Waals surface area contributed by atoms with Crippen LogP contribution < -0.4 is 10.5 Å². The number of para-hydroxylation sites is 1. The summed E-state index contributed by atoms with van der Waals surface area (Å²) in [4.78, 5) is 10.9. The first-order valence-corrected chi connectivity index (χ1v) is 4.88. The van der Waals surface area contributed by atoms with Crippen LogP contribution in [0.1, 0.15) is 11.6 Å². The highest BCUT2D eigenvalue weighted by Crippen LogP contribution is 2.38. The number of carboxylic acid groups (broad SMARTS) is 1. The van der Waals surface area contributed by atoms with Crippen LogP contribution in [0.15, 0.2) is 18.2 Å². The highest BCUT2D eigenvalue weighted by molar-refractivity contribution is 6.32. The van der Waals surface area contributed by atoms with Crippen molar-refractivity contribution in [3.05, 3.63) is 28.8 Å². The van der Waals surface area contributed by atoms with Crippen molar-refractivity contribution in [1.82, 2.24) is 0 Å². The molecule has 3 N–H and O–H groups in total. The van der Waals surface area contributed by atoms with Crippen LogP contribution in [0.2, 0.25) is 5.02 Å². The van der Waals surface area contributed by atoms with E-state index in [4.69, 9.17) is 27.2 Å². The van der Waals surface area contributed by atoms with Gasteiger partial charge in [0.05, 0.1) is 11.1 Å². The van der Waals surface area contributed by atoms with Gasteiger partial charge in [-0.2, -0.15) is 0 Å². The predicted molar refractivity (Wildman–Crippen MR) is 55.0 cm³/mol. The van der Waals surface area contributed by atoms with Crippen LogP contribution in [0.3, 0.4) is 0 Å². The van der Waals surface area contributed by atoms with Crippen LogP contribution in [0, 0.1) is 5.92 Å². The molecule has 0 aliphatic carbocycles. The van der Waals surface area contributed by atoms with E-state index in [2.05, 4.69) is 0 Å². The Kier molecular flexibility index (Phi) is 2.54. The number of carbonyl (C=O) groups is 1. The van der Waals surface area contributed by atoms with Crippen LogP contribution in [0.25, 0.3) is 0 Å². The van der Waals surface area contributed by atoms with E-state index >= 15 is 0 Å². The van der Waals surface area contributed by atoms with Crippen molar-refractivity contribution in [2.45, 2.75) is 6.04 Å². The molecule has 1 heterocycles. The highest BCUT2D eigenvalue weighted by Gasteiger charge is 2.34. The van der Waals surface area contributed by atoms with Crippen molar-refractivity contribution in [2.75, 3.05) is 6.61 Å². The molecule has 2 rings (SSSR count). The van der Waals surface area contributed by atoms with Gasteiger partial charge in [0.2, 0.25) is 0 Å². The molecule has 0 aromatic heterocycles. The number of carboxylic acids is 1. The molecule has 1 aromatic carbocycles. The van der Waals surface area contributed by atoms with Crippen molar-refractivity contribution < 1.29 is 14.6 Å². The van der Waals surface area contributed by atoms with E-state index < -0.39 is 17.9 Å². The maximum atomic E-state index is 10.9. The molecule has 5 heteroatoms. The molecule has 0 saturated carbocycles. The maximum absolute atomic E-state index is 10.9. The van der Waals surface area contributed by atoms with Crippen LogP contribution in [0.4, 0.5) is 0 Å². The number of hydrogen-bond acceptors (Lipinski definition) is 3. The molecular weight excluding hydrogens is 218 g/mol. The van der Waals surface area contributed by atoms with E-state index in [1.807, 2.05) is 0 Å². The molecule has 2 unspecified atom stereocenters. The van der Waals surface area contributed by atoms with Gasteiger partial charge in [-0.1, -0.05) is 23.7 Å². The lowest BCUT2D eigenvalue weighted by Crippen LogP contribution is -2.36. The third kappa shape index (κ3) is 1.66. The van der Waals surface area contributed by atoms with Gasteiger partial charge in [0.25, 0.3) is 0 Å². The fourth-order valence-electron chi connectivity index (χ4n) is 1.66. The van der Waals surface area contributed by atoms with E-state index in [0.717, 1.165) is 0 Å². The normalized spacial score (nSPS) is 24.1. The fraction of sp³-hybridized carbons (Fsp3) is 0.300. The molecule has 0 amide bonds. The number of hydrogen-bond donors (Lipinski definition) is 2. The van der Waals surface area contributed by atoms with Crippen molar-refractivity contribution in [3.8, 4) is 5.75 Å². The fourth-order valence-corrected chi connectivity index (χ4v) is 1.90. The summed E-state index contributed by atoms with van der Waals surface area (Å²) in [5.74, 6) is -1.16. The van der Waals surface area contributed by atoms with Crippen molar-refractivity contribution in [1.29, 1.82) is 0 Å². The second kappa shape index (κ2) is 3.72. The van der Waals surface area contributed by atoms with E-state index in [9.17, 15) is 4.79 Å². The summed E-state index contributed by atoms with van der Waals surface area (Å²) in [5, 5.41) is 9.38. The van der Waals surface area contributed by atoms with Crippen molar-refractivity contribution >= 4 is 17.6 Å². The summed E-state index contributed by atoms with van der Waals surface area (Å²) in [6, 6.07) is 4.59. The Hall–Kier alpha value is -1.26. The maximum Gasteiger partial charge on any atom is 0.311 e. The summed E-state index contributed by atoms with van der Waals surface area (Å²) >= 11 is 5.91. The van der Waals surface area contributed by atoms with E-state index in [-0.39, 0.29) is 6.61 Å². The largest absolute Gasteiger partial charge is 0.491 e. The topological polar surface area (TPSA) is 72.5 Å². The number of ether oxygens (including phenoxy) is 1. The number of halogens is 1. The second-order valence-corrected chi connectivity index (χ2v) is 3.85. The minimum atomic E-state index is -0.951. The van der Waals surface area contributed by atoms with E-state index in [0.29, 0.717) is 16.3 Å². The molecular formula is C10H10ClNO3.